The third-order valence-electron chi connectivity index (χ3n) is 3.40. The van der Waals surface area contributed by atoms with E-state index < -0.39 is 0 Å². The Morgan fingerprint density at radius 3 is 3.05 bits per heavy atom. The van der Waals surface area contributed by atoms with Crippen LogP contribution in [0.4, 0.5) is 0 Å². The molecule has 2 aromatic rings. The maximum absolute atomic E-state index is 12.5. The lowest BCUT2D eigenvalue weighted by Gasteiger charge is -2.32. The molecule has 1 unspecified atom stereocenters. The van der Waals surface area contributed by atoms with E-state index in [0.29, 0.717) is 25.6 Å². The highest BCUT2D eigenvalue weighted by Crippen LogP contribution is 2.22. The summed E-state index contributed by atoms with van der Waals surface area (Å²) in [6, 6.07) is 7.40. The first-order valence-corrected chi connectivity index (χ1v) is 7.62. The van der Waals surface area contributed by atoms with Crippen LogP contribution in [0.2, 0.25) is 0 Å². The van der Waals surface area contributed by atoms with Crippen molar-refractivity contribution < 1.29 is 14.1 Å². The summed E-state index contributed by atoms with van der Waals surface area (Å²) in [4.78, 5) is 18.2. The number of ether oxygens (including phenoxy) is 1. The van der Waals surface area contributed by atoms with Gasteiger partial charge >= 0.3 is 0 Å². The van der Waals surface area contributed by atoms with E-state index in [1.165, 1.54) is 6.39 Å². The third-order valence-corrected chi connectivity index (χ3v) is 4.12. The van der Waals surface area contributed by atoms with Gasteiger partial charge in [-0.15, -0.1) is 0 Å². The summed E-state index contributed by atoms with van der Waals surface area (Å²) >= 11 is 3.46. The number of benzene rings is 1. The Morgan fingerprint density at radius 2 is 2.27 bits per heavy atom. The van der Waals surface area contributed by atoms with Crippen molar-refractivity contribution in [3.63, 3.8) is 0 Å². The maximum Gasteiger partial charge on any atom is 0.247 e. The summed E-state index contributed by atoms with van der Waals surface area (Å²) in [6.07, 6.45) is 4.59. The largest absolute Gasteiger partial charge is 0.377 e. The monoisotopic (exact) mass is 363 g/mol. The Hall–Kier alpha value is -1.99. The molecule has 0 aliphatic carbocycles. The van der Waals surface area contributed by atoms with E-state index in [9.17, 15) is 4.79 Å². The molecule has 1 amide bonds. The summed E-state index contributed by atoms with van der Waals surface area (Å²) < 4.78 is 11.1. The molecule has 0 bridgehead atoms. The van der Waals surface area contributed by atoms with Gasteiger partial charge in [-0.1, -0.05) is 39.3 Å². The Labute approximate surface area is 135 Å². The smallest absolute Gasteiger partial charge is 0.247 e. The number of amides is 1. The molecule has 22 heavy (non-hydrogen) atoms. The van der Waals surface area contributed by atoms with E-state index in [1.807, 2.05) is 24.3 Å². The number of carbonyl (C=O) groups is 1. The fraction of sp³-hybridized carbons (Fsp3) is 0.267. The van der Waals surface area contributed by atoms with Gasteiger partial charge in [0.2, 0.25) is 12.3 Å². The molecular weight excluding hydrogens is 350 g/mol. The lowest BCUT2D eigenvalue weighted by atomic mass is 10.2. The zero-order chi connectivity index (χ0) is 15.4. The predicted octanol–water partition coefficient (Wildman–Crippen LogP) is 2.45. The van der Waals surface area contributed by atoms with Crippen LogP contribution in [0, 0.1) is 0 Å². The molecule has 114 valence electrons. The molecule has 1 aromatic heterocycles. The highest BCUT2D eigenvalue weighted by molar-refractivity contribution is 9.10. The van der Waals surface area contributed by atoms with Gasteiger partial charge in [-0.05, 0) is 17.7 Å². The van der Waals surface area contributed by atoms with Crippen LogP contribution < -0.4 is 0 Å². The van der Waals surface area contributed by atoms with Crippen molar-refractivity contribution in [2.75, 3.05) is 19.8 Å². The van der Waals surface area contributed by atoms with Crippen molar-refractivity contribution in [3.8, 4) is 0 Å². The highest BCUT2D eigenvalue weighted by atomic mass is 79.9. The van der Waals surface area contributed by atoms with Crippen molar-refractivity contribution >= 4 is 27.9 Å². The van der Waals surface area contributed by atoms with Crippen molar-refractivity contribution in [1.82, 2.24) is 15.0 Å². The molecule has 0 radical (unpaired) electrons. The Balaban J connectivity index is 1.76. The number of morpholine rings is 1. The van der Waals surface area contributed by atoms with Gasteiger partial charge in [-0.2, -0.15) is 4.98 Å². The molecule has 3 rings (SSSR count). The molecule has 1 saturated heterocycles. The standard InChI is InChI=1S/C15H14BrN3O3/c16-12-4-2-1-3-11(12)5-6-14(20)19-7-8-21-9-13(19)15-17-10-22-18-15/h1-6,10,13H,7-9H2/b6-5+. The zero-order valence-electron chi connectivity index (χ0n) is 11.7. The van der Waals surface area contributed by atoms with Crippen LogP contribution in [-0.2, 0) is 9.53 Å². The van der Waals surface area contributed by atoms with Gasteiger partial charge in [0.25, 0.3) is 0 Å². The Bertz CT molecular complexity index is 672. The Kier molecular flexibility index (Phi) is 4.65. The second kappa shape index (κ2) is 6.85. The van der Waals surface area contributed by atoms with E-state index in [2.05, 4.69) is 26.1 Å². The molecule has 0 saturated carbocycles. The number of aromatic nitrogens is 2. The number of hydrogen-bond acceptors (Lipinski definition) is 5. The van der Waals surface area contributed by atoms with E-state index >= 15 is 0 Å². The third kappa shape index (κ3) is 3.26. The van der Waals surface area contributed by atoms with E-state index in [0.717, 1.165) is 10.0 Å². The van der Waals surface area contributed by atoms with Crippen molar-refractivity contribution in [3.05, 3.63) is 52.6 Å². The van der Waals surface area contributed by atoms with E-state index in [1.54, 1.807) is 17.1 Å². The van der Waals surface area contributed by atoms with Gasteiger partial charge in [0.1, 0.15) is 6.04 Å². The molecule has 1 aliphatic heterocycles. The normalized spacial score (nSPS) is 18.8. The number of rotatable bonds is 3. The molecular formula is C15H14BrN3O3. The molecule has 1 aromatic carbocycles. The van der Waals surface area contributed by atoms with Gasteiger partial charge < -0.3 is 14.2 Å². The van der Waals surface area contributed by atoms with Gasteiger partial charge in [-0.3, -0.25) is 4.79 Å². The van der Waals surface area contributed by atoms with E-state index in [4.69, 9.17) is 9.26 Å². The minimum absolute atomic E-state index is 0.103. The molecule has 2 heterocycles. The van der Waals surface area contributed by atoms with Crippen LogP contribution >= 0.6 is 15.9 Å². The number of nitrogens with zero attached hydrogens (tertiary/aromatic N) is 3. The number of halogens is 1. The van der Waals surface area contributed by atoms with E-state index in [-0.39, 0.29) is 11.9 Å². The van der Waals surface area contributed by atoms with Gasteiger partial charge in [-0.25, -0.2) is 0 Å². The summed E-state index contributed by atoms with van der Waals surface area (Å²) in [6.45, 7) is 1.37. The lowest BCUT2D eigenvalue weighted by molar-refractivity contribution is -0.135. The van der Waals surface area contributed by atoms with Gasteiger partial charge in [0, 0.05) is 17.1 Å². The topological polar surface area (TPSA) is 68.5 Å². The maximum atomic E-state index is 12.5. The summed E-state index contributed by atoms with van der Waals surface area (Å²) in [5.74, 6) is 0.358. The molecule has 1 atom stereocenters. The van der Waals surface area contributed by atoms with Crippen LogP contribution in [0.15, 0.2) is 45.7 Å². The van der Waals surface area contributed by atoms with Crippen LogP contribution in [-0.4, -0.2) is 40.7 Å². The first-order chi connectivity index (χ1) is 10.8. The van der Waals surface area contributed by atoms with Gasteiger partial charge in [0.15, 0.2) is 5.82 Å². The average molecular weight is 364 g/mol. The summed E-state index contributed by atoms with van der Waals surface area (Å²) in [5.41, 5.74) is 0.945. The number of carbonyl (C=O) groups excluding carboxylic acids is 1. The molecule has 0 N–H and O–H groups in total. The van der Waals surface area contributed by atoms with Crippen molar-refractivity contribution in [2.24, 2.45) is 0 Å². The molecule has 0 spiro atoms. The first-order valence-electron chi connectivity index (χ1n) is 6.83. The quantitative estimate of drug-likeness (QED) is 0.783. The second-order valence-corrected chi connectivity index (χ2v) is 5.62. The van der Waals surface area contributed by atoms with Crippen LogP contribution in [0.1, 0.15) is 17.4 Å². The summed E-state index contributed by atoms with van der Waals surface area (Å²) in [5, 5.41) is 3.81. The lowest BCUT2D eigenvalue weighted by Crippen LogP contribution is -2.43. The Morgan fingerprint density at radius 1 is 1.41 bits per heavy atom. The fourth-order valence-electron chi connectivity index (χ4n) is 2.27. The summed E-state index contributed by atoms with van der Waals surface area (Å²) in [7, 11) is 0. The fourth-order valence-corrected chi connectivity index (χ4v) is 2.69. The molecule has 6 nitrogen and oxygen atoms in total. The average Bonchev–Trinajstić information content (AvgIpc) is 3.08. The number of hydrogen-bond donors (Lipinski definition) is 0. The van der Waals surface area contributed by atoms with Crippen LogP contribution in [0.5, 0.6) is 0 Å². The molecule has 1 fully saturated rings. The minimum Gasteiger partial charge on any atom is -0.377 e. The van der Waals surface area contributed by atoms with Crippen molar-refractivity contribution in [1.29, 1.82) is 0 Å². The predicted molar refractivity (Wildman–Crippen MR) is 82.7 cm³/mol. The first kappa shape index (κ1) is 14.9. The van der Waals surface area contributed by atoms with Crippen LogP contribution in [0.25, 0.3) is 6.08 Å². The molecule has 7 heteroatoms. The zero-order valence-corrected chi connectivity index (χ0v) is 13.3. The highest BCUT2D eigenvalue weighted by Gasteiger charge is 2.30. The second-order valence-electron chi connectivity index (χ2n) is 4.77. The SMILES string of the molecule is O=C(/C=C/c1ccccc1Br)N1CCOCC1c1ncon1. The molecule has 1 aliphatic rings. The van der Waals surface area contributed by atoms with Crippen LogP contribution in [0.3, 0.4) is 0 Å². The van der Waals surface area contributed by atoms with Gasteiger partial charge in [0.05, 0.1) is 13.2 Å². The van der Waals surface area contributed by atoms with Crippen molar-refractivity contribution in [2.45, 2.75) is 6.04 Å². The minimum atomic E-state index is -0.316.